The Morgan fingerprint density at radius 2 is 2.00 bits per heavy atom. The molecule has 2 aromatic rings. The first-order valence-electron chi connectivity index (χ1n) is 6.80. The summed E-state index contributed by atoms with van der Waals surface area (Å²) in [6.45, 7) is 1.62. The predicted octanol–water partition coefficient (Wildman–Crippen LogP) is 3.87. The number of hydrogen-bond donors (Lipinski definition) is 0. The zero-order valence-corrected chi connectivity index (χ0v) is 12.9. The van der Waals surface area contributed by atoms with Crippen LogP contribution in [0.2, 0.25) is 0 Å². The lowest BCUT2D eigenvalue weighted by Gasteiger charge is -2.04. The van der Waals surface area contributed by atoms with E-state index in [1.807, 2.05) is 0 Å². The maximum atomic E-state index is 12.7. The number of aryl methyl sites for hydroxylation is 1. The molecule has 4 rings (SSSR count). The molecule has 0 bridgehead atoms. The van der Waals surface area contributed by atoms with Crippen molar-refractivity contribution in [3.05, 3.63) is 51.5 Å². The van der Waals surface area contributed by atoms with Gasteiger partial charge in [0, 0.05) is 10.8 Å². The Morgan fingerprint density at radius 1 is 1.25 bits per heavy atom. The number of nitrogens with zero attached hydrogens (tertiary/aromatic N) is 3. The van der Waals surface area contributed by atoms with Gasteiger partial charge in [0.2, 0.25) is 5.13 Å². The minimum atomic E-state index is -4.57. The van der Waals surface area contributed by atoms with Gasteiger partial charge in [0.15, 0.2) is 5.69 Å². The molecule has 3 heterocycles. The molecule has 1 aromatic heterocycles. The van der Waals surface area contributed by atoms with Crippen LogP contribution in [0, 0.1) is 6.92 Å². The van der Waals surface area contributed by atoms with Gasteiger partial charge >= 0.3 is 6.18 Å². The number of thiazole rings is 1. The Labute approximate surface area is 136 Å². The predicted molar refractivity (Wildman–Crippen MR) is 81.6 cm³/mol. The van der Waals surface area contributed by atoms with Gasteiger partial charge in [-0.25, -0.2) is 4.98 Å². The van der Waals surface area contributed by atoms with Crippen molar-refractivity contribution in [3.63, 3.8) is 0 Å². The Bertz CT molecular complexity index is 1090. The molecule has 0 atom stereocenters. The molecular weight excluding hydrogens is 343 g/mol. The van der Waals surface area contributed by atoms with Crippen molar-refractivity contribution in [1.82, 2.24) is 14.8 Å². The van der Waals surface area contributed by atoms with E-state index in [0.29, 0.717) is 33.8 Å². The third-order valence-electron chi connectivity index (χ3n) is 3.56. The summed E-state index contributed by atoms with van der Waals surface area (Å²) in [7, 11) is 0. The summed E-state index contributed by atoms with van der Waals surface area (Å²) in [5.74, 6) is 0.354. The molecule has 2 aliphatic rings. The van der Waals surface area contributed by atoms with Crippen LogP contribution >= 0.6 is 11.3 Å². The molecular formula is C15H8F3N3O2S. The van der Waals surface area contributed by atoms with Crippen LogP contribution in [0.3, 0.4) is 0 Å². The number of halogens is 3. The van der Waals surface area contributed by atoms with Crippen LogP contribution in [-0.4, -0.2) is 14.8 Å². The highest BCUT2D eigenvalue weighted by molar-refractivity contribution is 7.12. The van der Waals surface area contributed by atoms with Crippen LogP contribution < -0.4 is 5.56 Å². The molecule has 0 aliphatic carbocycles. The Kier molecular flexibility index (Phi) is 3.04. The molecule has 0 amide bonds. The SMILES string of the molecule is Cc1oc2ccccc2c2nn(-c3nc(C(F)(F)F)cs3)c(=O)c1-2. The van der Waals surface area contributed by atoms with Crippen LogP contribution in [0.4, 0.5) is 13.2 Å². The van der Waals surface area contributed by atoms with E-state index in [2.05, 4.69) is 10.1 Å². The van der Waals surface area contributed by atoms with Gasteiger partial charge in [-0.2, -0.15) is 23.0 Å². The molecule has 2 aliphatic heterocycles. The quantitative estimate of drug-likeness (QED) is 0.522. The lowest BCUT2D eigenvalue weighted by Crippen LogP contribution is -2.15. The summed E-state index contributed by atoms with van der Waals surface area (Å²) in [4.78, 5) is 16.1. The van der Waals surface area contributed by atoms with Crippen LogP contribution in [-0.2, 0) is 6.18 Å². The van der Waals surface area contributed by atoms with E-state index in [1.165, 1.54) is 0 Å². The normalized spacial score (nSPS) is 12.3. The van der Waals surface area contributed by atoms with Crippen molar-refractivity contribution in [2.45, 2.75) is 13.1 Å². The fraction of sp³-hybridized carbons (Fsp3) is 0.133. The van der Waals surface area contributed by atoms with Crippen molar-refractivity contribution in [1.29, 1.82) is 0 Å². The second-order valence-corrected chi connectivity index (χ2v) is 5.94. The van der Waals surface area contributed by atoms with Crippen LogP contribution in [0.1, 0.15) is 11.5 Å². The van der Waals surface area contributed by atoms with Crippen molar-refractivity contribution in [2.24, 2.45) is 0 Å². The summed E-state index contributed by atoms with van der Waals surface area (Å²) < 4.78 is 44.6. The van der Waals surface area contributed by atoms with Crippen LogP contribution in [0.5, 0.6) is 0 Å². The second-order valence-electron chi connectivity index (χ2n) is 5.11. The Morgan fingerprint density at radius 3 is 2.71 bits per heavy atom. The summed E-state index contributed by atoms with van der Waals surface area (Å²) in [5, 5.41) is 5.53. The van der Waals surface area contributed by atoms with Gasteiger partial charge in [0.1, 0.15) is 22.6 Å². The minimum Gasteiger partial charge on any atom is -0.460 e. The van der Waals surface area contributed by atoms with Crippen LogP contribution in [0.15, 0.2) is 38.9 Å². The van der Waals surface area contributed by atoms with Crippen LogP contribution in [0.25, 0.3) is 27.4 Å². The average Bonchev–Trinajstić information content (AvgIpc) is 3.12. The lowest BCUT2D eigenvalue weighted by atomic mass is 10.1. The van der Waals surface area contributed by atoms with Crippen molar-refractivity contribution >= 4 is 22.3 Å². The molecule has 0 spiro atoms. The maximum Gasteiger partial charge on any atom is 0.434 e. The standard InChI is InChI=1S/C15H8F3N3O2S/c1-7-11-12(8-4-2-3-5-9(8)23-7)20-21(13(11)22)14-19-10(6-24-14)15(16,17)18/h2-6H,1H3. The number of hydrogen-bond acceptors (Lipinski definition) is 5. The van der Waals surface area contributed by atoms with Gasteiger partial charge in [0.05, 0.1) is 0 Å². The lowest BCUT2D eigenvalue weighted by molar-refractivity contribution is -0.140. The maximum absolute atomic E-state index is 12.7. The zero-order valence-electron chi connectivity index (χ0n) is 12.1. The molecule has 0 radical (unpaired) electrons. The van der Waals surface area contributed by atoms with E-state index in [0.717, 1.165) is 10.1 Å². The number of alkyl halides is 3. The highest BCUT2D eigenvalue weighted by Gasteiger charge is 2.34. The van der Waals surface area contributed by atoms with E-state index in [1.54, 1.807) is 31.2 Å². The zero-order chi connectivity index (χ0) is 17.1. The fourth-order valence-electron chi connectivity index (χ4n) is 2.50. The fourth-order valence-corrected chi connectivity index (χ4v) is 3.28. The van der Waals surface area contributed by atoms with E-state index >= 15 is 0 Å². The summed E-state index contributed by atoms with van der Waals surface area (Å²) in [6.07, 6.45) is -4.57. The molecule has 5 nitrogen and oxygen atoms in total. The number of rotatable bonds is 1. The van der Waals surface area contributed by atoms with E-state index in [4.69, 9.17) is 4.42 Å². The monoisotopic (exact) mass is 351 g/mol. The summed E-state index contributed by atoms with van der Waals surface area (Å²) in [6, 6.07) is 7.01. The summed E-state index contributed by atoms with van der Waals surface area (Å²) in [5.41, 5.74) is -0.448. The molecule has 0 unspecified atom stereocenters. The first-order chi connectivity index (χ1) is 11.4. The number of fused-ring (bicyclic) bond motifs is 3. The minimum absolute atomic E-state index is 0.132. The molecule has 0 N–H and O–H groups in total. The first-order valence-corrected chi connectivity index (χ1v) is 7.68. The van der Waals surface area contributed by atoms with E-state index in [9.17, 15) is 18.0 Å². The molecule has 0 fully saturated rings. The van der Waals surface area contributed by atoms with Gasteiger partial charge in [-0.1, -0.05) is 12.1 Å². The van der Waals surface area contributed by atoms with Gasteiger partial charge in [-0.05, 0) is 19.1 Å². The first kappa shape index (κ1) is 14.9. The third-order valence-corrected chi connectivity index (χ3v) is 4.38. The number of aromatic nitrogens is 3. The number of para-hydroxylation sites is 1. The highest BCUT2D eigenvalue weighted by atomic mass is 32.1. The van der Waals surface area contributed by atoms with Gasteiger partial charge < -0.3 is 4.42 Å². The highest BCUT2D eigenvalue weighted by Crippen LogP contribution is 2.33. The molecule has 1 aromatic carbocycles. The molecule has 9 heteroatoms. The molecule has 0 saturated heterocycles. The smallest absolute Gasteiger partial charge is 0.434 e. The van der Waals surface area contributed by atoms with Gasteiger partial charge in [0.25, 0.3) is 5.56 Å². The second kappa shape index (κ2) is 4.91. The van der Waals surface area contributed by atoms with Gasteiger partial charge in [-0.15, -0.1) is 11.3 Å². The molecule has 24 heavy (non-hydrogen) atoms. The Hall–Kier alpha value is -2.68. The molecule has 0 saturated carbocycles. The Balaban J connectivity index is 2.01. The summed E-state index contributed by atoms with van der Waals surface area (Å²) >= 11 is 0.709. The van der Waals surface area contributed by atoms with E-state index in [-0.39, 0.29) is 10.7 Å². The number of benzene rings is 1. The third kappa shape index (κ3) is 2.12. The van der Waals surface area contributed by atoms with Crippen molar-refractivity contribution in [2.75, 3.05) is 0 Å². The molecule has 122 valence electrons. The largest absolute Gasteiger partial charge is 0.460 e. The average molecular weight is 351 g/mol. The topological polar surface area (TPSA) is 60.9 Å². The van der Waals surface area contributed by atoms with Crippen molar-refractivity contribution in [3.8, 4) is 16.4 Å². The van der Waals surface area contributed by atoms with E-state index < -0.39 is 17.4 Å². The van der Waals surface area contributed by atoms with Crippen molar-refractivity contribution < 1.29 is 17.6 Å². The van der Waals surface area contributed by atoms with Gasteiger partial charge in [-0.3, -0.25) is 4.79 Å².